The molecule has 0 amide bonds. The second-order valence-electron chi connectivity index (χ2n) is 3.38. The highest BCUT2D eigenvalue weighted by molar-refractivity contribution is 6.32. The van der Waals surface area contributed by atoms with E-state index in [1.807, 2.05) is 19.9 Å². The standard InChI is InChI=1S/C6H5Cl2N.C6H6ClN/c1-4-2-6(8)9-3-5(4)7;1-5-2-3-8-4-6(5)7/h2-3H,1H3;2-4H,1H3. The highest BCUT2D eigenvalue weighted by atomic mass is 35.5. The van der Waals surface area contributed by atoms with Gasteiger partial charge in [0.25, 0.3) is 0 Å². The van der Waals surface area contributed by atoms with Gasteiger partial charge in [-0.2, -0.15) is 0 Å². The van der Waals surface area contributed by atoms with E-state index in [1.54, 1.807) is 24.7 Å². The summed E-state index contributed by atoms with van der Waals surface area (Å²) in [7, 11) is 0. The van der Waals surface area contributed by atoms with Gasteiger partial charge in [-0.25, -0.2) is 4.98 Å². The first-order valence-corrected chi connectivity index (χ1v) is 5.98. The summed E-state index contributed by atoms with van der Waals surface area (Å²) in [6.07, 6.45) is 4.90. The lowest BCUT2D eigenvalue weighted by atomic mass is 10.3. The minimum Gasteiger partial charge on any atom is -0.263 e. The van der Waals surface area contributed by atoms with Crippen LogP contribution in [0.3, 0.4) is 0 Å². The molecule has 0 unspecified atom stereocenters. The van der Waals surface area contributed by atoms with Crippen molar-refractivity contribution in [2.75, 3.05) is 0 Å². The summed E-state index contributed by atoms with van der Waals surface area (Å²) >= 11 is 16.9. The number of nitrogens with zero attached hydrogens (tertiary/aromatic N) is 2. The van der Waals surface area contributed by atoms with Crippen LogP contribution < -0.4 is 0 Å². The third-order valence-electron chi connectivity index (χ3n) is 1.99. The van der Waals surface area contributed by atoms with E-state index < -0.39 is 0 Å². The molecule has 2 rings (SSSR count). The molecule has 0 aliphatic carbocycles. The predicted octanol–water partition coefficient (Wildman–Crippen LogP) is 4.74. The maximum absolute atomic E-state index is 5.66. The van der Waals surface area contributed by atoms with Crippen LogP contribution in [-0.4, -0.2) is 9.97 Å². The van der Waals surface area contributed by atoms with E-state index in [-0.39, 0.29) is 0 Å². The Morgan fingerprint density at radius 3 is 2.00 bits per heavy atom. The van der Waals surface area contributed by atoms with E-state index in [0.29, 0.717) is 10.2 Å². The van der Waals surface area contributed by atoms with Gasteiger partial charge in [0.2, 0.25) is 0 Å². The van der Waals surface area contributed by atoms with Crippen LogP contribution in [-0.2, 0) is 0 Å². The minimum absolute atomic E-state index is 0.483. The van der Waals surface area contributed by atoms with Crippen molar-refractivity contribution in [3.05, 3.63) is 57.0 Å². The highest BCUT2D eigenvalue weighted by Crippen LogP contribution is 2.15. The lowest BCUT2D eigenvalue weighted by Gasteiger charge is -1.94. The summed E-state index contributed by atoms with van der Waals surface area (Å²) in [6.45, 7) is 3.83. The largest absolute Gasteiger partial charge is 0.263 e. The average Bonchev–Trinajstić information content (AvgIpc) is 2.29. The van der Waals surface area contributed by atoms with Gasteiger partial charge in [0, 0.05) is 18.6 Å². The molecule has 2 heterocycles. The third kappa shape index (κ3) is 4.90. The van der Waals surface area contributed by atoms with Gasteiger partial charge in [0.1, 0.15) is 5.15 Å². The fourth-order valence-electron chi connectivity index (χ4n) is 0.950. The summed E-state index contributed by atoms with van der Waals surface area (Å²) in [5.74, 6) is 0. The van der Waals surface area contributed by atoms with Crippen LogP contribution in [0.25, 0.3) is 0 Å². The summed E-state index contributed by atoms with van der Waals surface area (Å²) < 4.78 is 0. The number of aromatic nitrogens is 2. The van der Waals surface area contributed by atoms with Gasteiger partial charge < -0.3 is 0 Å². The zero-order chi connectivity index (χ0) is 12.8. The molecule has 0 aromatic carbocycles. The second-order valence-corrected chi connectivity index (χ2v) is 4.58. The van der Waals surface area contributed by atoms with Crippen LogP contribution in [0.2, 0.25) is 15.2 Å². The first-order valence-electron chi connectivity index (χ1n) is 4.84. The third-order valence-corrected chi connectivity index (χ3v) is 2.99. The molecular formula is C12H11Cl3N2. The molecule has 0 N–H and O–H groups in total. The first-order chi connectivity index (χ1) is 8.00. The van der Waals surface area contributed by atoms with Crippen LogP contribution in [0.4, 0.5) is 0 Å². The van der Waals surface area contributed by atoms with Crippen molar-refractivity contribution < 1.29 is 0 Å². The Labute approximate surface area is 116 Å². The Morgan fingerprint density at radius 2 is 1.59 bits per heavy atom. The summed E-state index contributed by atoms with van der Waals surface area (Å²) in [5, 5.41) is 1.86. The Kier molecular flexibility index (Phi) is 5.69. The smallest absolute Gasteiger partial charge is 0.129 e. The Hall–Kier alpha value is -0.830. The lowest BCUT2D eigenvalue weighted by Crippen LogP contribution is -1.77. The summed E-state index contributed by atoms with van der Waals surface area (Å²) in [6, 6.07) is 3.60. The van der Waals surface area contributed by atoms with Crippen molar-refractivity contribution in [1.29, 1.82) is 0 Å². The van der Waals surface area contributed by atoms with Crippen LogP contribution in [0.1, 0.15) is 11.1 Å². The van der Waals surface area contributed by atoms with Crippen LogP contribution >= 0.6 is 34.8 Å². The molecule has 2 aromatic heterocycles. The maximum atomic E-state index is 5.66. The van der Waals surface area contributed by atoms with E-state index in [2.05, 4.69) is 9.97 Å². The number of halogens is 3. The molecule has 0 spiro atoms. The molecule has 0 saturated heterocycles. The van der Waals surface area contributed by atoms with Crippen molar-refractivity contribution in [1.82, 2.24) is 9.97 Å². The number of pyridine rings is 2. The predicted molar refractivity (Wildman–Crippen MR) is 73.0 cm³/mol. The Bertz CT molecular complexity index is 480. The summed E-state index contributed by atoms with van der Waals surface area (Å²) in [5.41, 5.74) is 2.03. The molecule has 5 heteroatoms. The van der Waals surface area contributed by atoms with Crippen molar-refractivity contribution in [2.45, 2.75) is 13.8 Å². The molecule has 0 saturated carbocycles. The average molecular weight is 290 g/mol. The minimum atomic E-state index is 0.483. The number of hydrogen-bond donors (Lipinski definition) is 0. The molecule has 17 heavy (non-hydrogen) atoms. The van der Waals surface area contributed by atoms with Crippen molar-refractivity contribution in [3.8, 4) is 0 Å². The normalized spacial score (nSPS) is 9.47. The van der Waals surface area contributed by atoms with Gasteiger partial charge in [-0.05, 0) is 37.1 Å². The molecule has 0 fully saturated rings. The maximum Gasteiger partial charge on any atom is 0.129 e. The van der Waals surface area contributed by atoms with E-state index in [0.717, 1.165) is 16.1 Å². The molecule has 0 aliphatic heterocycles. The van der Waals surface area contributed by atoms with Crippen molar-refractivity contribution in [3.63, 3.8) is 0 Å². The molecule has 0 atom stereocenters. The van der Waals surface area contributed by atoms with Gasteiger partial charge in [-0.3, -0.25) is 4.98 Å². The zero-order valence-electron chi connectivity index (χ0n) is 9.42. The highest BCUT2D eigenvalue weighted by Gasteiger charge is 1.94. The molecule has 90 valence electrons. The monoisotopic (exact) mass is 288 g/mol. The SMILES string of the molecule is Cc1cc(Cl)ncc1Cl.Cc1ccncc1Cl. The van der Waals surface area contributed by atoms with E-state index in [9.17, 15) is 0 Å². The topological polar surface area (TPSA) is 25.8 Å². The van der Waals surface area contributed by atoms with E-state index in [4.69, 9.17) is 34.8 Å². The van der Waals surface area contributed by atoms with Gasteiger partial charge in [-0.1, -0.05) is 34.8 Å². The molecule has 2 nitrogen and oxygen atoms in total. The van der Waals surface area contributed by atoms with Crippen molar-refractivity contribution in [2.24, 2.45) is 0 Å². The molecule has 2 aromatic rings. The first kappa shape index (κ1) is 14.2. The van der Waals surface area contributed by atoms with Crippen molar-refractivity contribution >= 4 is 34.8 Å². The van der Waals surface area contributed by atoms with E-state index in [1.165, 1.54) is 0 Å². The Balaban J connectivity index is 0.000000171. The number of hydrogen-bond acceptors (Lipinski definition) is 2. The number of aryl methyl sites for hydroxylation is 2. The quantitative estimate of drug-likeness (QED) is 0.655. The Morgan fingerprint density at radius 1 is 0.941 bits per heavy atom. The van der Waals surface area contributed by atoms with Crippen LogP contribution in [0.5, 0.6) is 0 Å². The fourth-order valence-corrected chi connectivity index (χ4v) is 1.38. The fraction of sp³-hybridized carbons (Fsp3) is 0.167. The molecule has 0 aliphatic rings. The molecular weight excluding hydrogens is 279 g/mol. The lowest BCUT2D eigenvalue weighted by molar-refractivity contribution is 1.29. The van der Waals surface area contributed by atoms with Gasteiger partial charge in [0.15, 0.2) is 0 Å². The van der Waals surface area contributed by atoms with E-state index >= 15 is 0 Å². The molecule has 0 bridgehead atoms. The summed E-state index contributed by atoms with van der Waals surface area (Å²) in [4.78, 5) is 7.59. The van der Waals surface area contributed by atoms with Crippen LogP contribution in [0.15, 0.2) is 30.7 Å². The van der Waals surface area contributed by atoms with Crippen LogP contribution in [0, 0.1) is 13.8 Å². The van der Waals surface area contributed by atoms with Gasteiger partial charge in [-0.15, -0.1) is 0 Å². The molecule has 0 radical (unpaired) electrons. The number of rotatable bonds is 0. The second kappa shape index (κ2) is 6.80. The van der Waals surface area contributed by atoms with Gasteiger partial charge >= 0.3 is 0 Å². The van der Waals surface area contributed by atoms with Gasteiger partial charge in [0.05, 0.1) is 10.0 Å². The zero-order valence-corrected chi connectivity index (χ0v) is 11.7.